The Labute approximate surface area is 77.3 Å². The summed E-state index contributed by atoms with van der Waals surface area (Å²) < 4.78 is 10.1. The summed E-state index contributed by atoms with van der Waals surface area (Å²) in [5.41, 5.74) is 0.895. The van der Waals surface area contributed by atoms with Crippen LogP contribution in [0.15, 0.2) is 18.2 Å². The van der Waals surface area contributed by atoms with E-state index in [-0.39, 0.29) is 0 Å². The van der Waals surface area contributed by atoms with Gasteiger partial charge in [0.05, 0.1) is 14.2 Å². The van der Waals surface area contributed by atoms with E-state index in [1.807, 2.05) is 12.1 Å². The molecule has 0 fully saturated rings. The molecular weight excluding hydrogens is 168 g/mol. The van der Waals surface area contributed by atoms with Crippen LogP contribution in [0, 0.1) is 0 Å². The van der Waals surface area contributed by atoms with Crippen molar-refractivity contribution in [2.75, 3.05) is 14.2 Å². The molecule has 3 heteroatoms. The van der Waals surface area contributed by atoms with Crippen LogP contribution in [0.5, 0.6) is 11.5 Å². The second kappa shape index (κ2) is 4.50. The molecule has 0 unspecified atom stereocenters. The number of methoxy groups -OCH3 is 2. The minimum absolute atomic E-state index is 0.382. The number of aldehydes is 1. The van der Waals surface area contributed by atoms with Gasteiger partial charge in [0.2, 0.25) is 0 Å². The number of rotatable bonds is 4. The van der Waals surface area contributed by atoms with Crippen molar-refractivity contribution < 1.29 is 14.3 Å². The second-order valence-electron chi connectivity index (χ2n) is 2.59. The van der Waals surface area contributed by atoms with Gasteiger partial charge in [0, 0.05) is 12.5 Å². The average molecular weight is 180 g/mol. The van der Waals surface area contributed by atoms with E-state index in [4.69, 9.17) is 9.47 Å². The van der Waals surface area contributed by atoms with Crippen LogP contribution in [0.25, 0.3) is 0 Å². The summed E-state index contributed by atoms with van der Waals surface area (Å²) in [7, 11) is 3.17. The van der Waals surface area contributed by atoms with E-state index in [1.165, 1.54) is 0 Å². The minimum atomic E-state index is 0.382. The standard InChI is InChI=1S/C10H12O3/c1-12-9-5-8(3-4-11)6-10(7-9)13-2/h4-7H,3H2,1-2H3. The van der Waals surface area contributed by atoms with E-state index in [2.05, 4.69) is 0 Å². The van der Waals surface area contributed by atoms with Crippen LogP contribution in [-0.2, 0) is 11.2 Å². The van der Waals surface area contributed by atoms with E-state index in [9.17, 15) is 4.79 Å². The lowest BCUT2D eigenvalue weighted by Crippen LogP contribution is -1.91. The summed E-state index contributed by atoms with van der Waals surface area (Å²) in [6.45, 7) is 0. The lowest BCUT2D eigenvalue weighted by atomic mass is 10.1. The van der Waals surface area contributed by atoms with Crippen molar-refractivity contribution in [2.24, 2.45) is 0 Å². The Hall–Kier alpha value is -1.51. The van der Waals surface area contributed by atoms with Crippen LogP contribution in [0.4, 0.5) is 0 Å². The van der Waals surface area contributed by atoms with Crippen molar-refractivity contribution in [3.8, 4) is 11.5 Å². The number of carbonyl (C=O) groups is 1. The highest BCUT2D eigenvalue weighted by Gasteiger charge is 2.00. The van der Waals surface area contributed by atoms with E-state index in [0.717, 1.165) is 11.8 Å². The van der Waals surface area contributed by atoms with Gasteiger partial charge in [-0.2, -0.15) is 0 Å². The second-order valence-corrected chi connectivity index (χ2v) is 2.59. The molecule has 1 aromatic carbocycles. The number of carbonyl (C=O) groups excluding carboxylic acids is 1. The van der Waals surface area contributed by atoms with E-state index >= 15 is 0 Å². The van der Waals surface area contributed by atoms with Crippen molar-refractivity contribution in [2.45, 2.75) is 6.42 Å². The van der Waals surface area contributed by atoms with Crippen LogP contribution in [0.3, 0.4) is 0 Å². The Bertz CT molecular complexity index is 272. The average Bonchev–Trinajstić information content (AvgIpc) is 2.17. The van der Waals surface area contributed by atoms with Gasteiger partial charge in [0.15, 0.2) is 0 Å². The molecule has 3 nitrogen and oxygen atoms in total. The van der Waals surface area contributed by atoms with Crippen LogP contribution in [0.2, 0.25) is 0 Å². The molecule has 0 atom stereocenters. The van der Waals surface area contributed by atoms with Crippen molar-refractivity contribution >= 4 is 6.29 Å². The first-order valence-corrected chi connectivity index (χ1v) is 3.95. The normalized spacial score (nSPS) is 9.38. The molecule has 0 saturated carbocycles. The zero-order valence-corrected chi connectivity index (χ0v) is 7.74. The zero-order chi connectivity index (χ0) is 9.68. The number of hydrogen-bond donors (Lipinski definition) is 0. The lowest BCUT2D eigenvalue weighted by Gasteiger charge is -2.05. The molecule has 0 bridgehead atoms. The predicted octanol–water partition coefficient (Wildman–Crippen LogP) is 1.45. The Balaban J connectivity index is 2.99. The molecule has 0 aliphatic heterocycles. The first kappa shape index (κ1) is 9.58. The third-order valence-corrected chi connectivity index (χ3v) is 1.73. The van der Waals surface area contributed by atoms with Crippen molar-refractivity contribution in [3.05, 3.63) is 23.8 Å². The minimum Gasteiger partial charge on any atom is -0.497 e. The third kappa shape index (κ3) is 2.47. The van der Waals surface area contributed by atoms with Gasteiger partial charge in [-0.05, 0) is 17.7 Å². The fourth-order valence-corrected chi connectivity index (χ4v) is 1.08. The van der Waals surface area contributed by atoms with Crippen LogP contribution < -0.4 is 9.47 Å². The lowest BCUT2D eigenvalue weighted by molar-refractivity contribution is -0.107. The molecule has 70 valence electrons. The number of benzene rings is 1. The van der Waals surface area contributed by atoms with E-state index in [1.54, 1.807) is 20.3 Å². The Morgan fingerprint density at radius 2 is 1.69 bits per heavy atom. The maximum atomic E-state index is 10.3. The summed E-state index contributed by atoms with van der Waals surface area (Å²) in [6.07, 6.45) is 1.24. The highest BCUT2D eigenvalue weighted by Crippen LogP contribution is 2.22. The number of ether oxygens (including phenoxy) is 2. The number of hydrogen-bond acceptors (Lipinski definition) is 3. The van der Waals surface area contributed by atoms with Crippen LogP contribution >= 0.6 is 0 Å². The molecular formula is C10H12O3. The summed E-state index contributed by atoms with van der Waals surface area (Å²) >= 11 is 0. The van der Waals surface area contributed by atoms with Gasteiger partial charge in [0.1, 0.15) is 17.8 Å². The largest absolute Gasteiger partial charge is 0.497 e. The molecule has 1 rings (SSSR count). The third-order valence-electron chi connectivity index (χ3n) is 1.73. The Kier molecular flexibility index (Phi) is 3.31. The molecule has 0 spiro atoms. The van der Waals surface area contributed by atoms with Gasteiger partial charge in [0.25, 0.3) is 0 Å². The SMILES string of the molecule is COc1cc(CC=O)cc(OC)c1. The molecule has 0 heterocycles. The van der Waals surface area contributed by atoms with E-state index < -0.39 is 0 Å². The molecule has 0 amide bonds. The van der Waals surface area contributed by atoms with Crippen LogP contribution in [-0.4, -0.2) is 20.5 Å². The molecule has 1 aromatic rings. The predicted molar refractivity (Wildman–Crippen MR) is 49.3 cm³/mol. The Morgan fingerprint density at radius 1 is 1.15 bits per heavy atom. The molecule has 0 aliphatic rings. The highest BCUT2D eigenvalue weighted by atomic mass is 16.5. The van der Waals surface area contributed by atoms with Crippen molar-refractivity contribution in [3.63, 3.8) is 0 Å². The van der Waals surface area contributed by atoms with Gasteiger partial charge in [-0.15, -0.1) is 0 Å². The molecule has 13 heavy (non-hydrogen) atoms. The first-order valence-electron chi connectivity index (χ1n) is 3.95. The smallest absolute Gasteiger partial charge is 0.124 e. The monoisotopic (exact) mass is 180 g/mol. The van der Waals surface area contributed by atoms with Gasteiger partial charge in [-0.1, -0.05) is 0 Å². The quantitative estimate of drug-likeness (QED) is 0.658. The fraction of sp³-hybridized carbons (Fsp3) is 0.300. The first-order chi connectivity index (χ1) is 6.30. The van der Waals surface area contributed by atoms with Gasteiger partial charge in [-0.3, -0.25) is 0 Å². The van der Waals surface area contributed by atoms with Gasteiger partial charge >= 0.3 is 0 Å². The van der Waals surface area contributed by atoms with Crippen LogP contribution in [0.1, 0.15) is 5.56 Å². The molecule has 0 N–H and O–H groups in total. The summed E-state index contributed by atoms with van der Waals surface area (Å²) in [5.74, 6) is 1.41. The zero-order valence-electron chi connectivity index (χ0n) is 7.74. The van der Waals surface area contributed by atoms with Gasteiger partial charge in [-0.25, -0.2) is 0 Å². The summed E-state index contributed by atoms with van der Waals surface area (Å²) in [5, 5.41) is 0. The molecule has 0 saturated heterocycles. The highest BCUT2D eigenvalue weighted by molar-refractivity contribution is 5.56. The maximum Gasteiger partial charge on any atom is 0.124 e. The Morgan fingerprint density at radius 3 is 2.08 bits per heavy atom. The maximum absolute atomic E-state index is 10.3. The fourth-order valence-electron chi connectivity index (χ4n) is 1.08. The summed E-state index contributed by atoms with van der Waals surface area (Å²) in [4.78, 5) is 10.3. The summed E-state index contributed by atoms with van der Waals surface area (Å²) in [6, 6.07) is 5.40. The van der Waals surface area contributed by atoms with Gasteiger partial charge < -0.3 is 14.3 Å². The van der Waals surface area contributed by atoms with E-state index in [0.29, 0.717) is 17.9 Å². The molecule has 0 aliphatic carbocycles. The topological polar surface area (TPSA) is 35.5 Å². The molecule has 0 radical (unpaired) electrons. The van der Waals surface area contributed by atoms with Crippen molar-refractivity contribution in [1.29, 1.82) is 0 Å². The molecule has 0 aromatic heterocycles. The van der Waals surface area contributed by atoms with Crippen molar-refractivity contribution in [1.82, 2.24) is 0 Å².